The van der Waals surface area contributed by atoms with Gasteiger partial charge in [-0.15, -0.1) is 0 Å². The molecule has 4 heteroatoms. The minimum Gasteiger partial charge on any atom is -0.366 e. The van der Waals surface area contributed by atoms with Gasteiger partial charge in [-0.3, -0.25) is 4.79 Å². The van der Waals surface area contributed by atoms with Gasteiger partial charge in [-0.1, -0.05) is 24.3 Å². The Morgan fingerprint density at radius 3 is 2.50 bits per heavy atom. The summed E-state index contributed by atoms with van der Waals surface area (Å²) in [5, 5.41) is 0.971. The summed E-state index contributed by atoms with van der Waals surface area (Å²) in [5.41, 5.74) is 15.6. The monoisotopic (exact) mass is 265 g/mol. The number of rotatable bonds is 3. The molecule has 4 nitrogen and oxygen atoms in total. The van der Waals surface area contributed by atoms with Crippen LogP contribution in [0.4, 0.5) is 0 Å². The van der Waals surface area contributed by atoms with Crippen LogP contribution in [0.15, 0.2) is 48.7 Å². The van der Waals surface area contributed by atoms with Crippen molar-refractivity contribution in [1.82, 2.24) is 4.98 Å². The van der Waals surface area contributed by atoms with Crippen LogP contribution in [0, 0.1) is 0 Å². The first-order chi connectivity index (χ1) is 9.69. The van der Waals surface area contributed by atoms with E-state index >= 15 is 0 Å². The molecule has 0 saturated heterocycles. The summed E-state index contributed by atoms with van der Waals surface area (Å²) in [5.74, 6) is -0.423. The van der Waals surface area contributed by atoms with Crippen molar-refractivity contribution in [3.63, 3.8) is 0 Å². The summed E-state index contributed by atoms with van der Waals surface area (Å²) in [6, 6.07) is 13.5. The third-order valence-electron chi connectivity index (χ3n) is 3.44. The summed E-state index contributed by atoms with van der Waals surface area (Å²) >= 11 is 0. The van der Waals surface area contributed by atoms with Crippen LogP contribution in [-0.4, -0.2) is 10.9 Å². The molecular formula is C16H15N3O. The lowest BCUT2D eigenvalue weighted by Crippen LogP contribution is -2.10. The molecule has 100 valence electrons. The standard InChI is InChI=1S/C16H15N3O/c17-9-10-1-3-11(4-2-10)14-8-13(16(18)20)7-12-5-6-19-15(12)14/h1-8,19H,9,17H2,(H2,18,20). The number of nitrogens with one attached hydrogen (secondary N) is 1. The van der Waals surface area contributed by atoms with Gasteiger partial charge in [0.05, 0.1) is 5.52 Å². The average Bonchev–Trinajstić information content (AvgIpc) is 2.94. The molecule has 1 amide bonds. The largest absolute Gasteiger partial charge is 0.366 e. The van der Waals surface area contributed by atoms with E-state index in [0.717, 1.165) is 27.6 Å². The maximum atomic E-state index is 11.4. The van der Waals surface area contributed by atoms with E-state index in [1.54, 1.807) is 6.07 Å². The van der Waals surface area contributed by atoms with E-state index in [4.69, 9.17) is 11.5 Å². The fourth-order valence-electron chi connectivity index (χ4n) is 2.36. The van der Waals surface area contributed by atoms with Crippen molar-refractivity contribution in [2.75, 3.05) is 0 Å². The number of fused-ring (bicyclic) bond motifs is 1. The predicted octanol–water partition coefficient (Wildman–Crippen LogP) is 2.39. The lowest BCUT2D eigenvalue weighted by Gasteiger charge is -2.07. The number of hydrogen-bond donors (Lipinski definition) is 3. The van der Waals surface area contributed by atoms with Crippen LogP contribution in [0.3, 0.4) is 0 Å². The number of amides is 1. The molecule has 20 heavy (non-hydrogen) atoms. The van der Waals surface area contributed by atoms with E-state index in [2.05, 4.69) is 4.98 Å². The molecule has 3 aromatic rings. The Hall–Kier alpha value is -2.59. The van der Waals surface area contributed by atoms with E-state index in [-0.39, 0.29) is 0 Å². The van der Waals surface area contributed by atoms with Gasteiger partial charge in [-0.2, -0.15) is 0 Å². The third kappa shape index (κ3) is 2.06. The maximum Gasteiger partial charge on any atom is 0.248 e. The number of aromatic amines is 1. The Morgan fingerprint density at radius 1 is 1.10 bits per heavy atom. The second-order valence-corrected chi connectivity index (χ2v) is 4.73. The Kier molecular flexibility index (Phi) is 3.00. The smallest absolute Gasteiger partial charge is 0.248 e. The van der Waals surface area contributed by atoms with Crippen molar-refractivity contribution in [3.05, 3.63) is 59.8 Å². The number of H-pyrrole nitrogens is 1. The first kappa shape index (κ1) is 12.4. The highest BCUT2D eigenvalue weighted by Gasteiger charge is 2.10. The lowest BCUT2D eigenvalue weighted by atomic mass is 9.99. The summed E-state index contributed by atoms with van der Waals surface area (Å²) in [6.45, 7) is 0.513. The van der Waals surface area contributed by atoms with E-state index in [1.807, 2.05) is 42.6 Å². The fourth-order valence-corrected chi connectivity index (χ4v) is 2.36. The Labute approximate surface area is 116 Å². The minimum absolute atomic E-state index is 0.423. The van der Waals surface area contributed by atoms with Crippen LogP contribution in [0.5, 0.6) is 0 Å². The highest BCUT2D eigenvalue weighted by molar-refractivity contribution is 6.03. The number of benzene rings is 2. The average molecular weight is 265 g/mol. The molecule has 0 unspecified atom stereocenters. The zero-order chi connectivity index (χ0) is 14.1. The van der Waals surface area contributed by atoms with Crippen LogP contribution in [0.2, 0.25) is 0 Å². The van der Waals surface area contributed by atoms with E-state index in [0.29, 0.717) is 12.1 Å². The molecule has 0 aliphatic heterocycles. The first-order valence-electron chi connectivity index (χ1n) is 6.39. The number of primary amides is 1. The van der Waals surface area contributed by atoms with Crippen LogP contribution in [-0.2, 0) is 6.54 Å². The summed E-state index contributed by atoms with van der Waals surface area (Å²) in [4.78, 5) is 14.7. The molecular weight excluding hydrogens is 250 g/mol. The molecule has 0 spiro atoms. The van der Waals surface area contributed by atoms with Crippen LogP contribution in [0.25, 0.3) is 22.0 Å². The van der Waals surface area contributed by atoms with Crippen LogP contribution in [0.1, 0.15) is 15.9 Å². The van der Waals surface area contributed by atoms with Gasteiger partial charge in [0.1, 0.15) is 0 Å². The molecule has 0 bridgehead atoms. The van der Waals surface area contributed by atoms with Crippen molar-refractivity contribution < 1.29 is 4.79 Å². The van der Waals surface area contributed by atoms with Gasteiger partial charge in [0, 0.05) is 29.3 Å². The van der Waals surface area contributed by atoms with E-state index in [1.165, 1.54) is 0 Å². The van der Waals surface area contributed by atoms with E-state index < -0.39 is 5.91 Å². The second-order valence-electron chi connectivity index (χ2n) is 4.73. The van der Waals surface area contributed by atoms with Crippen molar-refractivity contribution in [3.8, 4) is 11.1 Å². The molecule has 1 aromatic heterocycles. The van der Waals surface area contributed by atoms with Gasteiger partial charge in [-0.05, 0) is 29.3 Å². The van der Waals surface area contributed by atoms with Crippen molar-refractivity contribution in [2.45, 2.75) is 6.54 Å². The molecule has 0 atom stereocenters. The maximum absolute atomic E-state index is 11.4. The third-order valence-corrected chi connectivity index (χ3v) is 3.44. The second kappa shape index (κ2) is 4.83. The highest BCUT2D eigenvalue weighted by Crippen LogP contribution is 2.29. The lowest BCUT2D eigenvalue weighted by molar-refractivity contribution is 0.100. The van der Waals surface area contributed by atoms with E-state index in [9.17, 15) is 4.79 Å². The molecule has 5 N–H and O–H groups in total. The molecule has 0 saturated carbocycles. The minimum atomic E-state index is -0.423. The highest BCUT2D eigenvalue weighted by atomic mass is 16.1. The predicted molar refractivity (Wildman–Crippen MR) is 80.1 cm³/mol. The zero-order valence-corrected chi connectivity index (χ0v) is 10.9. The number of carbonyl (C=O) groups is 1. The summed E-state index contributed by atoms with van der Waals surface area (Å²) in [7, 11) is 0. The Bertz CT molecular complexity index is 772. The van der Waals surface area contributed by atoms with Gasteiger partial charge < -0.3 is 16.5 Å². The topological polar surface area (TPSA) is 84.9 Å². The quantitative estimate of drug-likeness (QED) is 0.679. The van der Waals surface area contributed by atoms with Gasteiger partial charge in [0.2, 0.25) is 5.91 Å². The molecule has 0 aliphatic carbocycles. The number of hydrogen-bond acceptors (Lipinski definition) is 2. The molecule has 1 heterocycles. The van der Waals surface area contributed by atoms with Gasteiger partial charge in [0.25, 0.3) is 0 Å². The Balaban J connectivity index is 2.22. The summed E-state index contributed by atoms with van der Waals surface area (Å²) < 4.78 is 0. The number of nitrogens with two attached hydrogens (primary N) is 2. The van der Waals surface area contributed by atoms with Crippen LogP contribution >= 0.6 is 0 Å². The van der Waals surface area contributed by atoms with Gasteiger partial charge >= 0.3 is 0 Å². The van der Waals surface area contributed by atoms with Gasteiger partial charge in [0.15, 0.2) is 0 Å². The van der Waals surface area contributed by atoms with Crippen molar-refractivity contribution in [1.29, 1.82) is 0 Å². The Morgan fingerprint density at radius 2 is 1.85 bits per heavy atom. The zero-order valence-electron chi connectivity index (χ0n) is 10.9. The first-order valence-corrected chi connectivity index (χ1v) is 6.39. The number of aromatic nitrogens is 1. The fraction of sp³-hybridized carbons (Fsp3) is 0.0625. The van der Waals surface area contributed by atoms with Crippen molar-refractivity contribution in [2.24, 2.45) is 11.5 Å². The van der Waals surface area contributed by atoms with Crippen LogP contribution < -0.4 is 11.5 Å². The molecule has 3 rings (SSSR count). The molecule has 0 aliphatic rings. The summed E-state index contributed by atoms with van der Waals surface area (Å²) in [6.07, 6.45) is 1.85. The molecule has 0 radical (unpaired) electrons. The SMILES string of the molecule is NCc1ccc(-c2cc(C(N)=O)cc3cc[nH]c23)cc1. The molecule has 0 fully saturated rings. The van der Waals surface area contributed by atoms with Gasteiger partial charge in [-0.25, -0.2) is 0 Å². The molecule has 2 aromatic carbocycles. The number of carbonyl (C=O) groups excluding carboxylic acids is 1. The van der Waals surface area contributed by atoms with Crippen molar-refractivity contribution >= 4 is 16.8 Å². The normalized spacial score (nSPS) is 10.8.